The maximum Gasteiger partial charge on any atom is 0.126 e. The summed E-state index contributed by atoms with van der Waals surface area (Å²) in [6, 6.07) is 17.7. The Bertz CT molecular complexity index is 517. The van der Waals surface area contributed by atoms with Gasteiger partial charge in [-0.3, -0.25) is 0 Å². The van der Waals surface area contributed by atoms with E-state index in [9.17, 15) is 0 Å². The van der Waals surface area contributed by atoms with Gasteiger partial charge >= 0.3 is 0 Å². The Morgan fingerprint density at radius 1 is 1.00 bits per heavy atom. The minimum absolute atomic E-state index is 0.704. The predicted octanol–water partition coefficient (Wildman–Crippen LogP) is 4.43. The van der Waals surface area contributed by atoms with E-state index in [-0.39, 0.29) is 0 Å². The van der Waals surface area contributed by atoms with Gasteiger partial charge in [-0.15, -0.1) is 0 Å². The van der Waals surface area contributed by atoms with E-state index < -0.39 is 0 Å². The van der Waals surface area contributed by atoms with Gasteiger partial charge < -0.3 is 4.74 Å². The highest BCUT2D eigenvalue weighted by molar-refractivity contribution is 6.51. The molecule has 0 fully saturated rings. The van der Waals surface area contributed by atoms with Gasteiger partial charge in [-0.05, 0) is 17.7 Å². The highest BCUT2D eigenvalue weighted by Crippen LogP contribution is 2.26. The maximum atomic E-state index is 6.28. The lowest BCUT2D eigenvalue weighted by molar-refractivity contribution is 0.414. The summed E-state index contributed by atoms with van der Waals surface area (Å²) in [4.78, 5) is 0. The molecule has 0 heterocycles. The molecule has 2 aromatic rings. The predicted molar refractivity (Wildman–Crippen MR) is 73.2 cm³/mol. The van der Waals surface area contributed by atoms with Crippen LogP contribution in [0.4, 0.5) is 0 Å². The Morgan fingerprint density at radius 2 is 1.65 bits per heavy atom. The number of rotatable bonds is 3. The summed E-state index contributed by atoms with van der Waals surface area (Å²) >= 11 is 6.28. The number of benzene rings is 2. The van der Waals surface area contributed by atoms with Crippen LogP contribution >= 0.6 is 11.6 Å². The monoisotopic (exact) mass is 244 g/mol. The van der Waals surface area contributed by atoms with Crippen molar-refractivity contribution in [1.82, 2.24) is 0 Å². The van der Waals surface area contributed by atoms with Crippen LogP contribution in [0.2, 0.25) is 0 Å². The lowest BCUT2D eigenvalue weighted by Gasteiger charge is -2.05. The van der Waals surface area contributed by atoms with Crippen molar-refractivity contribution in [2.24, 2.45) is 0 Å². The second kappa shape index (κ2) is 5.55. The van der Waals surface area contributed by atoms with Crippen molar-refractivity contribution in [3.63, 3.8) is 0 Å². The SMILES string of the molecule is COc1ccccc1C=C(Cl)c1ccccc1. The van der Waals surface area contributed by atoms with Crippen molar-refractivity contribution in [2.45, 2.75) is 0 Å². The molecule has 2 aromatic carbocycles. The molecule has 17 heavy (non-hydrogen) atoms. The molecule has 0 radical (unpaired) electrons. The van der Waals surface area contributed by atoms with Crippen LogP contribution in [-0.4, -0.2) is 7.11 Å². The fraction of sp³-hybridized carbons (Fsp3) is 0.0667. The van der Waals surface area contributed by atoms with Gasteiger partial charge in [0.15, 0.2) is 0 Å². The zero-order chi connectivity index (χ0) is 12.1. The van der Waals surface area contributed by atoms with Gasteiger partial charge in [-0.1, -0.05) is 60.1 Å². The number of methoxy groups -OCH3 is 1. The van der Waals surface area contributed by atoms with Gasteiger partial charge in [0.25, 0.3) is 0 Å². The minimum Gasteiger partial charge on any atom is -0.496 e. The van der Waals surface area contributed by atoms with Crippen LogP contribution in [0.5, 0.6) is 5.75 Å². The third-order valence-electron chi connectivity index (χ3n) is 2.47. The lowest BCUT2D eigenvalue weighted by atomic mass is 10.1. The molecular weight excluding hydrogens is 232 g/mol. The minimum atomic E-state index is 0.704. The van der Waals surface area contributed by atoms with Gasteiger partial charge in [0.2, 0.25) is 0 Å². The third kappa shape index (κ3) is 2.89. The lowest BCUT2D eigenvalue weighted by Crippen LogP contribution is -1.86. The summed E-state index contributed by atoms with van der Waals surface area (Å²) in [6.07, 6.45) is 1.91. The third-order valence-corrected chi connectivity index (χ3v) is 2.80. The molecule has 86 valence electrons. The summed E-state index contributed by atoms with van der Waals surface area (Å²) in [5.74, 6) is 0.821. The standard InChI is InChI=1S/C15H13ClO/c1-17-15-10-6-5-9-13(15)11-14(16)12-7-3-2-4-8-12/h2-11H,1H3. The van der Waals surface area contributed by atoms with Crippen molar-refractivity contribution in [3.8, 4) is 5.75 Å². The van der Waals surface area contributed by atoms with Crippen LogP contribution in [0, 0.1) is 0 Å². The van der Waals surface area contributed by atoms with Gasteiger partial charge in [-0.25, -0.2) is 0 Å². The Morgan fingerprint density at radius 3 is 2.35 bits per heavy atom. The highest BCUT2D eigenvalue weighted by atomic mass is 35.5. The summed E-state index contributed by atoms with van der Waals surface area (Å²) in [5.41, 5.74) is 1.98. The topological polar surface area (TPSA) is 9.23 Å². The van der Waals surface area contributed by atoms with Gasteiger partial charge in [0.05, 0.1) is 7.11 Å². The van der Waals surface area contributed by atoms with Crippen LogP contribution in [0.3, 0.4) is 0 Å². The van der Waals surface area contributed by atoms with Crippen LogP contribution < -0.4 is 4.74 Å². The van der Waals surface area contributed by atoms with E-state index in [0.717, 1.165) is 16.9 Å². The zero-order valence-corrected chi connectivity index (χ0v) is 10.3. The van der Waals surface area contributed by atoms with Crippen molar-refractivity contribution >= 4 is 22.7 Å². The zero-order valence-electron chi connectivity index (χ0n) is 9.56. The Kier molecular flexibility index (Phi) is 3.84. The Labute approximate surface area is 106 Å². The molecule has 0 unspecified atom stereocenters. The molecule has 0 bridgehead atoms. The average molecular weight is 245 g/mol. The van der Waals surface area contributed by atoms with Gasteiger partial charge in [-0.2, -0.15) is 0 Å². The molecule has 0 saturated carbocycles. The molecule has 2 rings (SSSR count). The van der Waals surface area contributed by atoms with Crippen molar-refractivity contribution < 1.29 is 4.74 Å². The van der Waals surface area contributed by atoms with Crippen LogP contribution in [0.1, 0.15) is 11.1 Å². The first-order valence-electron chi connectivity index (χ1n) is 5.37. The second-order valence-corrected chi connectivity index (χ2v) is 4.01. The molecule has 0 aliphatic rings. The highest BCUT2D eigenvalue weighted by Gasteiger charge is 2.01. The van der Waals surface area contributed by atoms with E-state index in [2.05, 4.69) is 0 Å². The van der Waals surface area contributed by atoms with E-state index in [1.807, 2.05) is 60.7 Å². The molecule has 0 aliphatic heterocycles. The first-order chi connectivity index (χ1) is 8.31. The van der Waals surface area contributed by atoms with Crippen molar-refractivity contribution in [3.05, 3.63) is 65.7 Å². The first-order valence-corrected chi connectivity index (χ1v) is 5.74. The summed E-state index contributed by atoms with van der Waals surface area (Å²) in [6.45, 7) is 0. The van der Waals surface area contributed by atoms with E-state index >= 15 is 0 Å². The van der Waals surface area contributed by atoms with E-state index in [1.165, 1.54) is 0 Å². The van der Waals surface area contributed by atoms with Crippen LogP contribution in [0.25, 0.3) is 11.1 Å². The molecule has 2 heteroatoms. The molecular formula is C15H13ClO. The summed E-state index contributed by atoms with van der Waals surface area (Å²) < 4.78 is 5.28. The van der Waals surface area contributed by atoms with E-state index in [4.69, 9.17) is 16.3 Å². The van der Waals surface area contributed by atoms with Gasteiger partial charge in [0, 0.05) is 10.6 Å². The number of hydrogen-bond donors (Lipinski definition) is 0. The van der Waals surface area contributed by atoms with E-state index in [0.29, 0.717) is 5.03 Å². The molecule has 0 atom stereocenters. The Balaban J connectivity index is 2.36. The summed E-state index contributed by atoms with van der Waals surface area (Å²) in [5, 5.41) is 0.704. The molecule has 0 aliphatic carbocycles. The first kappa shape index (κ1) is 11.7. The fourth-order valence-electron chi connectivity index (χ4n) is 1.60. The molecule has 0 amide bonds. The molecule has 0 N–H and O–H groups in total. The van der Waals surface area contributed by atoms with Crippen molar-refractivity contribution in [1.29, 1.82) is 0 Å². The molecule has 0 spiro atoms. The van der Waals surface area contributed by atoms with Crippen molar-refractivity contribution in [2.75, 3.05) is 7.11 Å². The number of hydrogen-bond acceptors (Lipinski definition) is 1. The average Bonchev–Trinajstić information content (AvgIpc) is 2.40. The van der Waals surface area contributed by atoms with Crippen LogP contribution in [-0.2, 0) is 0 Å². The largest absolute Gasteiger partial charge is 0.496 e. The van der Waals surface area contributed by atoms with Crippen LogP contribution in [0.15, 0.2) is 54.6 Å². The number of para-hydroxylation sites is 1. The van der Waals surface area contributed by atoms with E-state index in [1.54, 1.807) is 7.11 Å². The Hall–Kier alpha value is -1.73. The summed E-state index contributed by atoms with van der Waals surface area (Å²) in [7, 11) is 1.66. The molecule has 0 aromatic heterocycles. The maximum absolute atomic E-state index is 6.28. The molecule has 1 nitrogen and oxygen atoms in total. The smallest absolute Gasteiger partial charge is 0.126 e. The number of halogens is 1. The fourth-order valence-corrected chi connectivity index (χ4v) is 1.85. The second-order valence-electron chi connectivity index (χ2n) is 3.60. The number of ether oxygens (including phenoxy) is 1. The quantitative estimate of drug-likeness (QED) is 0.726. The van der Waals surface area contributed by atoms with Gasteiger partial charge in [0.1, 0.15) is 5.75 Å². The molecule has 0 saturated heterocycles. The normalized spacial score (nSPS) is 11.3.